The van der Waals surface area contributed by atoms with E-state index < -0.39 is 5.92 Å². The van der Waals surface area contributed by atoms with Crippen LogP contribution in [0.15, 0.2) is 49.2 Å². The van der Waals surface area contributed by atoms with Crippen LogP contribution in [0.3, 0.4) is 0 Å². The smallest absolute Gasteiger partial charge is 0.287 e. The number of benzene rings is 1. The van der Waals surface area contributed by atoms with Crippen molar-refractivity contribution in [1.29, 1.82) is 0 Å². The lowest BCUT2D eigenvalue weighted by Crippen LogP contribution is -2.34. The van der Waals surface area contributed by atoms with E-state index >= 15 is 0 Å². The first-order valence-electron chi connectivity index (χ1n) is 7.92. The fourth-order valence-corrected chi connectivity index (χ4v) is 2.76. The van der Waals surface area contributed by atoms with Gasteiger partial charge >= 0.3 is 0 Å². The zero-order valence-electron chi connectivity index (χ0n) is 13.8. The van der Waals surface area contributed by atoms with Gasteiger partial charge in [0.1, 0.15) is 17.2 Å². The largest absolute Gasteiger partial charge is 0.457 e. The number of aromatic nitrogens is 1. The summed E-state index contributed by atoms with van der Waals surface area (Å²) in [4.78, 5) is 17.2. The van der Waals surface area contributed by atoms with Crippen LogP contribution in [0.5, 0.6) is 11.5 Å². The van der Waals surface area contributed by atoms with E-state index in [1.165, 1.54) is 24.4 Å². The van der Waals surface area contributed by atoms with Gasteiger partial charge in [-0.3, -0.25) is 9.78 Å². The van der Waals surface area contributed by atoms with Gasteiger partial charge in [0, 0.05) is 32.3 Å². The topological polar surface area (TPSA) is 42.4 Å². The van der Waals surface area contributed by atoms with E-state index in [0.29, 0.717) is 24.6 Å². The van der Waals surface area contributed by atoms with Gasteiger partial charge in [-0.25, -0.2) is 0 Å². The van der Waals surface area contributed by atoms with Crippen molar-refractivity contribution in [1.82, 2.24) is 9.88 Å². The number of alkyl halides is 2. The molecule has 1 aliphatic rings. The first-order valence-corrected chi connectivity index (χ1v) is 7.92. The number of pyridine rings is 1. The maximum atomic E-state index is 13.4. The second-order valence-electron chi connectivity index (χ2n) is 6.01. The molecule has 1 aromatic carbocycles. The fraction of sp³-hybridized carbons (Fsp3) is 0.263. The first-order chi connectivity index (χ1) is 11.9. The minimum atomic E-state index is -3.03. The number of fused-ring (bicyclic) bond motifs is 1. The molecule has 1 aromatic heterocycles. The second-order valence-corrected chi connectivity index (χ2v) is 6.01. The van der Waals surface area contributed by atoms with Gasteiger partial charge in [0.2, 0.25) is 5.91 Å². The summed E-state index contributed by atoms with van der Waals surface area (Å²) in [7, 11) is 0. The molecule has 0 atom stereocenters. The molecule has 6 heteroatoms. The lowest BCUT2D eigenvalue weighted by atomic mass is 9.99. The van der Waals surface area contributed by atoms with Gasteiger partial charge in [-0.2, -0.15) is 8.78 Å². The van der Waals surface area contributed by atoms with E-state index in [1.54, 1.807) is 11.0 Å². The Morgan fingerprint density at radius 2 is 2.04 bits per heavy atom. The molecule has 2 heterocycles. The maximum Gasteiger partial charge on any atom is 0.287 e. The summed E-state index contributed by atoms with van der Waals surface area (Å²) in [6.45, 7) is 5.43. The number of nitrogens with zero attached hydrogens (tertiary/aromatic N) is 2. The maximum absolute atomic E-state index is 13.4. The van der Waals surface area contributed by atoms with E-state index in [2.05, 4.69) is 11.6 Å². The van der Waals surface area contributed by atoms with Crippen molar-refractivity contribution in [2.24, 2.45) is 0 Å². The highest BCUT2D eigenvalue weighted by atomic mass is 19.3. The van der Waals surface area contributed by atoms with Crippen LogP contribution in [0.2, 0.25) is 0 Å². The summed E-state index contributed by atoms with van der Waals surface area (Å²) < 4.78 is 32.5. The Bertz CT molecular complexity index is 815. The average Bonchev–Trinajstić information content (AvgIpc) is 2.60. The van der Waals surface area contributed by atoms with Gasteiger partial charge in [-0.05, 0) is 41.8 Å². The summed E-state index contributed by atoms with van der Waals surface area (Å²) in [6.07, 6.45) is 3.36. The van der Waals surface area contributed by atoms with Crippen molar-refractivity contribution in [2.45, 2.75) is 25.8 Å². The Hall–Kier alpha value is -2.76. The van der Waals surface area contributed by atoms with E-state index in [0.717, 1.165) is 24.5 Å². The standard InChI is InChI=1S/C19H18F2N2O2/c1-3-18(24)23-9-7-13-4-5-15(10-14(13)12-23)25-16-6-8-22-17(11-16)19(2,20)21/h3-6,8,10-11H,1,7,9,12H2,2H3. The molecule has 130 valence electrons. The monoisotopic (exact) mass is 344 g/mol. The Morgan fingerprint density at radius 3 is 2.76 bits per heavy atom. The molecule has 3 rings (SSSR count). The van der Waals surface area contributed by atoms with Crippen LogP contribution >= 0.6 is 0 Å². The molecule has 25 heavy (non-hydrogen) atoms. The predicted octanol–water partition coefficient (Wildman–Crippen LogP) is 4.06. The van der Waals surface area contributed by atoms with E-state index in [1.807, 2.05) is 12.1 Å². The van der Waals surface area contributed by atoms with Crippen LogP contribution in [0.4, 0.5) is 8.78 Å². The van der Waals surface area contributed by atoms with Crippen LogP contribution in [-0.4, -0.2) is 22.3 Å². The number of amides is 1. The number of hydrogen-bond donors (Lipinski definition) is 0. The van der Waals surface area contributed by atoms with Crippen LogP contribution in [0.1, 0.15) is 23.7 Å². The Kier molecular flexibility index (Phi) is 4.53. The third kappa shape index (κ3) is 3.84. The van der Waals surface area contributed by atoms with Crippen molar-refractivity contribution in [3.05, 3.63) is 66.0 Å². The molecular formula is C19H18F2N2O2. The molecule has 0 radical (unpaired) electrons. The van der Waals surface area contributed by atoms with Crippen LogP contribution in [0, 0.1) is 0 Å². The average molecular weight is 344 g/mol. The van der Waals surface area contributed by atoms with Crippen molar-refractivity contribution >= 4 is 5.91 Å². The van der Waals surface area contributed by atoms with E-state index in [-0.39, 0.29) is 11.6 Å². The Labute approximate surface area is 144 Å². The predicted molar refractivity (Wildman–Crippen MR) is 89.6 cm³/mol. The quantitative estimate of drug-likeness (QED) is 0.786. The summed E-state index contributed by atoms with van der Waals surface area (Å²) >= 11 is 0. The molecule has 0 saturated carbocycles. The Balaban J connectivity index is 1.81. The minimum absolute atomic E-state index is 0.110. The van der Waals surface area contributed by atoms with Gasteiger partial charge < -0.3 is 9.64 Å². The van der Waals surface area contributed by atoms with Crippen LogP contribution in [0.25, 0.3) is 0 Å². The number of hydrogen-bond acceptors (Lipinski definition) is 3. The highest BCUT2D eigenvalue weighted by Gasteiger charge is 2.26. The summed E-state index contributed by atoms with van der Waals surface area (Å²) in [5.41, 5.74) is 1.79. The van der Waals surface area contributed by atoms with Gasteiger partial charge in [0.15, 0.2) is 0 Å². The van der Waals surface area contributed by atoms with Crippen LogP contribution in [-0.2, 0) is 23.7 Å². The lowest BCUT2D eigenvalue weighted by molar-refractivity contribution is -0.126. The van der Waals surface area contributed by atoms with E-state index in [9.17, 15) is 13.6 Å². The Morgan fingerprint density at radius 1 is 1.28 bits per heavy atom. The number of ether oxygens (including phenoxy) is 1. The van der Waals surface area contributed by atoms with Gasteiger partial charge in [0.05, 0.1) is 0 Å². The number of rotatable bonds is 4. The summed E-state index contributed by atoms with van der Waals surface area (Å²) in [5.74, 6) is -2.31. The highest BCUT2D eigenvalue weighted by Crippen LogP contribution is 2.31. The first kappa shape index (κ1) is 17.1. The van der Waals surface area contributed by atoms with Gasteiger partial charge in [-0.15, -0.1) is 0 Å². The molecule has 0 fully saturated rings. The zero-order valence-corrected chi connectivity index (χ0v) is 13.8. The molecule has 1 amide bonds. The normalized spacial score (nSPS) is 14.0. The molecule has 0 N–H and O–H groups in total. The molecule has 0 spiro atoms. The molecule has 0 unspecified atom stereocenters. The highest BCUT2D eigenvalue weighted by molar-refractivity contribution is 5.87. The van der Waals surface area contributed by atoms with Crippen molar-refractivity contribution in [3.63, 3.8) is 0 Å². The van der Waals surface area contributed by atoms with Crippen molar-refractivity contribution in [3.8, 4) is 11.5 Å². The van der Waals surface area contributed by atoms with Crippen molar-refractivity contribution < 1.29 is 18.3 Å². The van der Waals surface area contributed by atoms with Crippen molar-refractivity contribution in [2.75, 3.05) is 6.54 Å². The fourth-order valence-electron chi connectivity index (χ4n) is 2.76. The molecule has 4 nitrogen and oxygen atoms in total. The molecule has 0 bridgehead atoms. The zero-order chi connectivity index (χ0) is 18.0. The SMILES string of the molecule is C=CC(=O)N1CCc2ccc(Oc3ccnc(C(C)(F)F)c3)cc2C1. The number of carbonyl (C=O) groups is 1. The van der Waals surface area contributed by atoms with Gasteiger partial charge in [0.25, 0.3) is 5.92 Å². The molecular weight excluding hydrogens is 326 g/mol. The summed E-state index contributed by atoms with van der Waals surface area (Å²) in [6, 6.07) is 8.34. The molecule has 0 saturated heterocycles. The second kappa shape index (κ2) is 6.63. The van der Waals surface area contributed by atoms with Crippen LogP contribution < -0.4 is 4.74 Å². The molecule has 2 aromatic rings. The lowest BCUT2D eigenvalue weighted by Gasteiger charge is -2.28. The molecule has 0 aliphatic carbocycles. The molecule has 1 aliphatic heterocycles. The van der Waals surface area contributed by atoms with Gasteiger partial charge in [-0.1, -0.05) is 12.6 Å². The van der Waals surface area contributed by atoms with E-state index in [4.69, 9.17) is 4.74 Å². The summed E-state index contributed by atoms with van der Waals surface area (Å²) in [5, 5.41) is 0. The third-order valence-corrected chi connectivity index (χ3v) is 4.09. The third-order valence-electron chi connectivity index (χ3n) is 4.09. The number of halogens is 2. The number of carbonyl (C=O) groups excluding carboxylic acids is 1. The minimum Gasteiger partial charge on any atom is -0.457 e.